The van der Waals surface area contributed by atoms with Gasteiger partial charge in [-0.05, 0) is 42.5 Å². The van der Waals surface area contributed by atoms with E-state index in [4.69, 9.17) is 13.6 Å². The van der Waals surface area contributed by atoms with Crippen LogP contribution in [0.15, 0.2) is 69.9 Å². The van der Waals surface area contributed by atoms with Crippen LogP contribution < -0.4 is 10.6 Å². The molecule has 0 unspecified atom stereocenters. The van der Waals surface area contributed by atoms with Crippen molar-refractivity contribution in [2.24, 2.45) is 0 Å². The Kier molecular flexibility index (Phi) is 5.28. The minimum absolute atomic E-state index is 0.107. The first kappa shape index (κ1) is 16.5. The molecule has 2 heterocycles. The van der Waals surface area contributed by atoms with E-state index in [1.807, 2.05) is 0 Å². The summed E-state index contributed by atoms with van der Waals surface area (Å²) in [6, 6.07) is 13.5. The van der Waals surface area contributed by atoms with Crippen LogP contribution in [0.1, 0.15) is 16.3 Å². The number of benzene rings is 1. The summed E-state index contributed by atoms with van der Waals surface area (Å²) in [7, 11) is 0. The van der Waals surface area contributed by atoms with Gasteiger partial charge in [-0.1, -0.05) is 6.07 Å². The fraction of sp³-hybridized carbons (Fsp3) is 0.111. The SMILES string of the molecule is O=C(COCc1ccco1)Nc1cccc(NC(=O)c2ccco2)c1. The van der Waals surface area contributed by atoms with Crippen molar-refractivity contribution >= 4 is 23.2 Å². The number of hydrogen-bond acceptors (Lipinski definition) is 5. The van der Waals surface area contributed by atoms with Gasteiger partial charge in [0, 0.05) is 11.4 Å². The van der Waals surface area contributed by atoms with E-state index in [1.54, 1.807) is 54.8 Å². The molecule has 2 aromatic heterocycles. The molecule has 0 bridgehead atoms. The van der Waals surface area contributed by atoms with Crippen LogP contribution in [-0.2, 0) is 16.1 Å². The Balaban J connectivity index is 1.50. The van der Waals surface area contributed by atoms with Crippen LogP contribution in [0.25, 0.3) is 0 Å². The van der Waals surface area contributed by atoms with Gasteiger partial charge in [0.2, 0.25) is 5.91 Å². The Hall–Kier alpha value is -3.32. The second-order valence-electron chi connectivity index (χ2n) is 5.13. The first-order chi connectivity index (χ1) is 12.2. The van der Waals surface area contributed by atoms with E-state index in [2.05, 4.69) is 10.6 Å². The summed E-state index contributed by atoms with van der Waals surface area (Å²) >= 11 is 0. The second kappa shape index (κ2) is 7.98. The van der Waals surface area contributed by atoms with Gasteiger partial charge in [-0.15, -0.1) is 0 Å². The molecule has 0 fully saturated rings. The van der Waals surface area contributed by atoms with Gasteiger partial charge in [-0.25, -0.2) is 0 Å². The Morgan fingerprint density at radius 1 is 0.920 bits per heavy atom. The topological polar surface area (TPSA) is 93.7 Å². The summed E-state index contributed by atoms with van der Waals surface area (Å²) in [5, 5.41) is 5.39. The molecular formula is C18H16N2O5. The van der Waals surface area contributed by atoms with E-state index in [9.17, 15) is 9.59 Å². The number of hydrogen-bond donors (Lipinski definition) is 2. The lowest BCUT2D eigenvalue weighted by Crippen LogP contribution is -2.18. The summed E-state index contributed by atoms with van der Waals surface area (Å²) in [6.07, 6.45) is 2.97. The zero-order chi connectivity index (χ0) is 17.5. The number of rotatable bonds is 7. The van der Waals surface area contributed by atoms with Gasteiger partial charge >= 0.3 is 0 Å². The monoisotopic (exact) mass is 340 g/mol. The average Bonchev–Trinajstić information content (AvgIpc) is 3.29. The van der Waals surface area contributed by atoms with Crippen molar-refractivity contribution in [1.29, 1.82) is 0 Å². The van der Waals surface area contributed by atoms with Gasteiger partial charge in [-0.3, -0.25) is 9.59 Å². The zero-order valence-corrected chi connectivity index (χ0v) is 13.2. The van der Waals surface area contributed by atoms with Gasteiger partial charge in [0.1, 0.15) is 19.0 Å². The van der Waals surface area contributed by atoms with Gasteiger partial charge in [0.25, 0.3) is 5.91 Å². The van der Waals surface area contributed by atoms with Gasteiger partial charge in [0.05, 0.1) is 12.5 Å². The van der Waals surface area contributed by atoms with E-state index in [0.717, 1.165) is 0 Å². The highest BCUT2D eigenvalue weighted by Crippen LogP contribution is 2.16. The van der Waals surface area contributed by atoms with Crippen LogP contribution >= 0.6 is 0 Å². The molecule has 0 saturated heterocycles. The van der Waals surface area contributed by atoms with Crippen molar-refractivity contribution in [2.45, 2.75) is 6.61 Å². The Morgan fingerprint density at radius 2 is 1.68 bits per heavy atom. The Bertz CT molecular complexity index is 825. The Labute approximate surface area is 143 Å². The van der Waals surface area contributed by atoms with Crippen LogP contribution in [0.2, 0.25) is 0 Å². The van der Waals surface area contributed by atoms with Crippen molar-refractivity contribution in [1.82, 2.24) is 0 Å². The fourth-order valence-corrected chi connectivity index (χ4v) is 2.11. The molecule has 0 aliphatic rings. The van der Waals surface area contributed by atoms with E-state index in [1.165, 1.54) is 6.26 Å². The lowest BCUT2D eigenvalue weighted by molar-refractivity contribution is -0.121. The van der Waals surface area contributed by atoms with Crippen molar-refractivity contribution in [3.8, 4) is 0 Å². The molecule has 2 amide bonds. The normalized spacial score (nSPS) is 10.4. The van der Waals surface area contributed by atoms with E-state index < -0.39 is 0 Å². The number of carbonyl (C=O) groups is 2. The quantitative estimate of drug-likeness (QED) is 0.688. The highest BCUT2D eigenvalue weighted by Gasteiger charge is 2.09. The zero-order valence-electron chi connectivity index (χ0n) is 13.2. The van der Waals surface area contributed by atoms with Crippen molar-refractivity contribution in [3.05, 3.63) is 72.6 Å². The summed E-state index contributed by atoms with van der Waals surface area (Å²) in [5.41, 5.74) is 1.08. The first-order valence-corrected chi connectivity index (χ1v) is 7.55. The van der Waals surface area contributed by atoms with Crippen LogP contribution in [0.4, 0.5) is 11.4 Å². The predicted octanol–water partition coefficient (Wildman–Crippen LogP) is 3.28. The number of carbonyl (C=O) groups excluding carboxylic acids is 2. The maximum Gasteiger partial charge on any atom is 0.291 e. The van der Waals surface area contributed by atoms with Crippen LogP contribution in [-0.4, -0.2) is 18.4 Å². The molecular weight excluding hydrogens is 324 g/mol. The summed E-state index contributed by atoms with van der Waals surface area (Å²) in [6.45, 7) is 0.114. The van der Waals surface area contributed by atoms with Gasteiger partial charge < -0.3 is 24.2 Å². The third-order valence-corrected chi connectivity index (χ3v) is 3.21. The summed E-state index contributed by atoms with van der Waals surface area (Å²) < 4.78 is 15.4. The predicted molar refractivity (Wildman–Crippen MR) is 90.1 cm³/mol. The molecule has 0 spiro atoms. The molecule has 2 N–H and O–H groups in total. The number of furan rings is 2. The fourth-order valence-electron chi connectivity index (χ4n) is 2.11. The average molecular weight is 340 g/mol. The first-order valence-electron chi connectivity index (χ1n) is 7.55. The highest BCUT2D eigenvalue weighted by atomic mass is 16.5. The standard InChI is InChI=1S/C18H16N2O5/c21-17(12-23-11-15-6-2-8-24-15)19-13-4-1-5-14(10-13)20-18(22)16-7-3-9-25-16/h1-10H,11-12H2,(H,19,21)(H,20,22). The maximum absolute atomic E-state index is 11.9. The van der Waals surface area contributed by atoms with E-state index in [0.29, 0.717) is 17.1 Å². The van der Waals surface area contributed by atoms with E-state index >= 15 is 0 Å². The van der Waals surface area contributed by atoms with Crippen molar-refractivity contribution in [2.75, 3.05) is 17.2 Å². The third-order valence-electron chi connectivity index (χ3n) is 3.21. The molecule has 0 aliphatic carbocycles. The maximum atomic E-state index is 11.9. The number of ether oxygens (including phenoxy) is 1. The molecule has 25 heavy (non-hydrogen) atoms. The second-order valence-corrected chi connectivity index (χ2v) is 5.13. The molecule has 0 aliphatic heterocycles. The number of amides is 2. The Morgan fingerprint density at radius 3 is 2.40 bits per heavy atom. The van der Waals surface area contributed by atoms with Crippen molar-refractivity contribution in [3.63, 3.8) is 0 Å². The van der Waals surface area contributed by atoms with Crippen LogP contribution in [0.5, 0.6) is 0 Å². The van der Waals surface area contributed by atoms with Gasteiger partial charge in [0.15, 0.2) is 5.76 Å². The third kappa shape index (κ3) is 4.82. The van der Waals surface area contributed by atoms with E-state index in [-0.39, 0.29) is 30.8 Å². The highest BCUT2D eigenvalue weighted by molar-refractivity contribution is 6.02. The molecule has 3 rings (SSSR count). The summed E-state index contributed by atoms with van der Waals surface area (Å²) in [4.78, 5) is 23.8. The lowest BCUT2D eigenvalue weighted by atomic mass is 10.2. The molecule has 1 aromatic carbocycles. The molecule has 7 heteroatoms. The minimum atomic E-state index is -0.366. The molecule has 0 saturated carbocycles. The molecule has 3 aromatic rings. The molecule has 7 nitrogen and oxygen atoms in total. The van der Waals surface area contributed by atoms with Crippen LogP contribution in [0.3, 0.4) is 0 Å². The smallest absolute Gasteiger partial charge is 0.291 e. The molecule has 0 atom stereocenters. The number of nitrogens with one attached hydrogen (secondary N) is 2. The largest absolute Gasteiger partial charge is 0.467 e. The number of anilines is 2. The van der Waals surface area contributed by atoms with Gasteiger partial charge in [-0.2, -0.15) is 0 Å². The summed E-state index contributed by atoms with van der Waals surface area (Å²) in [5.74, 6) is 0.188. The van der Waals surface area contributed by atoms with Crippen molar-refractivity contribution < 1.29 is 23.2 Å². The minimum Gasteiger partial charge on any atom is -0.467 e. The molecule has 128 valence electrons. The molecule has 0 radical (unpaired) electrons. The lowest BCUT2D eigenvalue weighted by Gasteiger charge is -2.08. The van der Waals surface area contributed by atoms with Crippen LogP contribution in [0, 0.1) is 0 Å².